The van der Waals surface area contributed by atoms with E-state index in [-0.39, 0.29) is 17.7 Å². The van der Waals surface area contributed by atoms with Crippen molar-refractivity contribution in [2.45, 2.75) is 11.3 Å². The molecule has 4 aromatic rings. The highest BCUT2D eigenvalue weighted by Gasteiger charge is 2.10. The van der Waals surface area contributed by atoms with Gasteiger partial charge in [-0.05, 0) is 61.5 Å². The third-order valence-electron chi connectivity index (χ3n) is 4.64. The Balaban J connectivity index is 1.32. The zero-order chi connectivity index (χ0) is 23.2. The van der Waals surface area contributed by atoms with E-state index in [4.69, 9.17) is 4.74 Å². The lowest BCUT2D eigenvalue weighted by atomic mass is 10.2. The number of ether oxygens (including phenoxy) is 1. The van der Waals surface area contributed by atoms with Crippen LogP contribution in [0.2, 0.25) is 0 Å². The smallest absolute Gasteiger partial charge is 0.323 e. The monoisotopic (exact) mass is 478 g/mol. The van der Waals surface area contributed by atoms with Crippen molar-refractivity contribution in [2.75, 3.05) is 28.8 Å². The quantitative estimate of drug-likeness (QED) is 0.284. The van der Waals surface area contributed by atoms with E-state index >= 15 is 0 Å². The predicted octanol–water partition coefficient (Wildman–Crippen LogP) is 5.99. The number of benzene rings is 3. The Morgan fingerprint density at radius 2 is 1.55 bits per heavy atom. The minimum atomic E-state index is -0.312. The summed E-state index contributed by atoms with van der Waals surface area (Å²) in [4.78, 5) is 29.1. The lowest BCUT2D eigenvalue weighted by Crippen LogP contribution is -2.19. The molecule has 0 bridgehead atoms. The topological polar surface area (TPSA) is 92.3 Å². The molecule has 0 radical (unpaired) electrons. The van der Waals surface area contributed by atoms with Gasteiger partial charge in [0, 0.05) is 17.1 Å². The Labute approximate surface area is 199 Å². The number of rotatable bonds is 7. The Hall–Kier alpha value is -3.56. The van der Waals surface area contributed by atoms with Crippen molar-refractivity contribution in [1.82, 2.24) is 4.98 Å². The van der Waals surface area contributed by atoms with E-state index in [1.807, 2.05) is 49.4 Å². The first kappa shape index (κ1) is 22.6. The number of carbonyl (C=O) groups excluding carboxylic acids is 2. The van der Waals surface area contributed by atoms with Crippen LogP contribution in [0.25, 0.3) is 10.2 Å². The van der Waals surface area contributed by atoms with E-state index in [0.717, 1.165) is 31.6 Å². The standard InChI is InChI=1S/C24H22N4O3S2/c1-15-3-5-17(6-4-15)26-23(30)27-18-9-12-20-21(13-18)33-24(28-20)32-14-22(29)25-16-7-10-19(31-2)11-8-16/h3-13H,14H2,1-2H3,(H,25,29)(H2,26,27,30). The highest BCUT2D eigenvalue weighted by Crippen LogP contribution is 2.31. The first-order valence-corrected chi connectivity index (χ1v) is 11.9. The summed E-state index contributed by atoms with van der Waals surface area (Å²) >= 11 is 2.86. The third-order valence-corrected chi connectivity index (χ3v) is 6.80. The molecule has 3 aromatic carbocycles. The molecule has 0 atom stereocenters. The number of thioether (sulfide) groups is 1. The van der Waals surface area contributed by atoms with Gasteiger partial charge in [0.2, 0.25) is 5.91 Å². The summed E-state index contributed by atoms with van der Waals surface area (Å²) in [5, 5.41) is 8.51. The van der Waals surface area contributed by atoms with E-state index in [1.165, 1.54) is 23.1 Å². The van der Waals surface area contributed by atoms with Gasteiger partial charge in [0.25, 0.3) is 0 Å². The van der Waals surface area contributed by atoms with Crippen molar-refractivity contribution < 1.29 is 14.3 Å². The first-order chi connectivity index (χ1) is 16.0. The molecule has 0 aliphatic carbocycles. The van der Waals surface area contributed by atoms with E-state index in [0.29, 0.717) is 11.4 Å². The Kier molecular flexibility index (Phi) is 7.11. The molecule has 0 fully saturated rings. The summed E-state index contributed by atoms with van der Waals surface area (Å²) in [7, 11) is 1.60. The molecule has 3 amide bonds. The number of amides is 3. The SMILES string of the molecule is COc1ccc(NC(=O)CSc2nc3ccc(NC(=O)Nc4ccc(C)cc4)cc3s2)cc1. The molecular formula is C24H22N4O3S2. The zero-order valence-corrected chi connectivity index (χ0v) is 19.7. The maximum Gasteiger partial charge on any atom is 0.323 e. The minimum Gasteiger partial charge on any atom is -0.497 e. The molecule has 0 aliphatic rings. The fraction of sp³-hybridized carbons (Fsp3) is 0.125. The van der Waals surface area contributed by atoms with Crippen LogP contribution in [-0.2, 0) is 4.79 Å². The van der Waals surface area contributed by atoms with Crippen LogP contribution in [0, 0.1) is 6.92 Å². The van der Waals surface area contributed by atoms with Crippen LogP contribution >= 0.6 is 23.1 Å². The van der Waals surface area contributed by atoms with Crippen molar-refractivity contribution in [1.29, 1.82) is 0 Å². The maximum atomic E-state index is 12.3. The Bertz CT molecular complexity index is 1270. The number of aromatic nitrogens is 1. The molecule has 9 heteroatoms. The van der Waals surface area contributed by atoms with Crippen LogP contribution in [-0.4, -0.2) is 29.8 Å². The number of nitrogens with zero attached hydrogens (tertiary/aromatic N) is 1. The molecular weight excluding hydrogens is 456 g/mol. The number of fused-ring (bicyclic) bond motifs is 1. The fourth-order valence-corrected chi connectivity index (χ4v) is 4.88. The number of nitrogens with one attached hydrogen (secondary N) is 3. The number of thiazole rings is 1. The molecule has 0 spiro atoms. The van der Waals surface area contributed by atoms with Crippen molar-refractivity contribution in [3.63, 3.8) is 0 Å². The van der Waals surface area contributed by atoms with E-state index in [9.17, 15) is 9.59 Å². The summed E-state index contributed by atoms with van der Waals surface area (Å²) in [6, 6.07) is 20.0. The molecule has 33 heavy (non-hydrogen) atoms. The predicted molar refractivity (Wildman–Crippen MR) is 136 cm³/mol. The molecule has 7 nitrogen and oxygen atoms in total. The highest BCUT2D eigenvalue weighted by molar-refractivity contribution is 8.01. The lowest BCUT2D eigenvalue weighted by Gasteiger charge is -2.07. The van der Waals surface area contributed by atoms with Gasteiger partial charge in [-0.3, -0.25) is 4.79 Å². The summed E-state index contributed by atoms with van der Waals surface area (Å²) in [5.41, 5.74) is 4.06. The fourth-order valence-electron chi connectivity index (χ4n) is 2.97. The summed E-state index contributed by atoms with van der Waals surface area (Å²) < 4.78 is 6.84. The number of anilines is 3. The Morgan fingerprint density at radius 1 is 0.909 bits per heavy atom. The van der Waals surface area contributed by atoms with Gasteiger partial charge < -0.3 is 20.7 Å². The number of hydrogen-bond donors (Lipinski definition) is 3. The lowest BCUT2D eigenvalue weighted by molar-refractivity contribution is -0.113. The van der Waals surface area contributed by atoms with Crippen LogP contribution in [0.5, 0.6) is 5.75 Å². The van der Waals surface area contributed by atoms with Crippen LogP contribution in [0.3, 0.4) is 0 Å². The molecule has 4 rings (SSSR count). The largest absolute Gasteiger partial charge is 0.497 e. The molecule has 3 N–H and O–H groups in total. The average molecular weight is 479 g/mol. The van der Waals surface area contributed by atoms with Gasteiger partial charge in [-0.15, -0.1) is 11.3 Å². The van der Waals surface area contributed by atoms with Crippen molar-refractivity contribution in [3.05, 3.63) is 72.3 Å². The second-order valence-electron chi connectivity index (χ2n) is 7.17. The summed E-state index contributed by atoms with van der Waals surface area (Å²) in [6.07, 6.45) is 0. The molecule has 0 saturated heterocycles. The van der Waals surface area contributed by atoms with Gasteiger partial charge >= 0.3 is 6.03 Å². The van der Waals surface area contributed by atoms with Crippen molar-refractivity contribution in [2.24, 2.45) is 0 Å². The first-order valence-electron chi connectivity index (χ1n) is 10.1. The normalized spacial score (nSPS) is 10.6. The van der Waals surface area contributed by atoms with Crippen molar-refractivity contribution in [3.8, 4) is 5.75 Å². The van der Waals surface area contributed by atoms with Gasteiger partial charge in [-0.1, -0.05) is 29.5 Å². The van der Waals surface area contributed by atoms with Gasteiger partial charge in [-0.25, -0.2) is 9.78 Å². The molecule has 0 aliphatic heterocycles. The second kappa shape index (κ2) is 10.4. The summed E-state index contributed by atoms with van der Waals surface area (Å²) in [5.74, 6) is 0.869. The molecule has 0 unspecified atom stereocenters. The number of carbonyl (C=O) groups is 2. The van der Waals surface area contributed by atoms with Crippen molar-refractivity contribution >= 4 is 62.3 Å². The van der Waals surface area contributed by atoms with Gasteiger partial charge in [-0.2, -0.15) is 0 Å². The van der Waals surface area contributed by atoms with Crippen LogP contribution < -0.4 is 20.7 Å². The summed E-state index contributed by atoms with van der Waals surface area (Å²) in [6.45, 7) is 1.99. The average Bonchev–Trinajstić information content (AvgIpc) is 3.22. The number of methoxy groups -OCH3 is 1. The third kappa shape index (κ3) is 6.24. The number of aryl methyl sites for hydroxylation is 1. The van der Waals surface area contributed by atoms with Crippen LogP contribution in [0.4, 0.5) is 21.9 Å². The van der Waals surface area contributed by atoms with E-state index < -0.39 is 0 Å². The zero-order valence-electron chi connectivity index (χ0n) is 18.0. The second-order valence-corrected chi connectivity index (χ2v) is 9.43. The molecule has 1 aromatic heterocycles. The van der Waals surface area contributed by atoms with E-state index in [1.54, 1.807) is 31.4 Å². The number of hydrogen-bond acceptors (Lipinski definition) is 6. The molecule has 168 valence electrons. The van der Waals surface area contributed by atoms with Gasteiger partial charge in [0.1, 0.15) is 5.75 Å². The maximum absolute atomic E-state index is 12.3. The van der Waals surface area contributed by atoms with E-state index in [2.05, 4.69) is 20.9 Å². The van der Waals surface area contributed by atoms with Gasteiger partial charge in [0.15, 0.2) is 4.34 Å². The van der Waals surface area contributed by atoms with Gasteiger partial charge in [0.05, 0.1) is 23.1 Å². The van der Waals surface area contributed by atoms with Crippen LogP contribution in [0.15, 0.2) is 71.1 Å². The number of urea groups is 1. The minimum absolute atomic E-state index is 0.112. The van der Waals surface area contributed by atoms with Crippen LogP contribution in [0.1, 0.15) is 5.56 Å². The molecule has 0 saturated carbocycles. The Morgan fingerprint density at radius 3 is 2.27 bits per heavy atom. The highest BCUT2D eigenvalue weighted by atomic mass is 32.2. The molecule has 1 heterocycles.